The Morgan fingerprint density at radius 2 is 2.00 bits per heavy atom. The van der Waals surface area contributed by atoms with Gasteiger partial charge in [0, 0.05) is 6.42 Å². The van der Waals surface area contributed by atoms with Gasteiger partial charge in [-0.2, -0.15) is 13.2 Å². The van der Waals surface area contributed by atoms with E-state index in [2.05, 4.69) is 0 Å². The van der Waals surface area contributed by atoms with Crippen LogP contribution < -0.4 is 0 Å². The van der Waals surface area contributed by atoms with Crippen molar-refractivity contribution in [1.82, 2.24) is 4.90 Å². The third-order valence-electron chi connectivity index (χ3n) is 3.79. The molecule has 0 radical (unpaired) electrons. The Bertz CT molecular complexity index is 502. The maximum Gasteiger partial charge on any atom is 0.471 e. The molecule has 19 heavy (non-hydrogen) atoms. The van der Waals surface area contributed by atoms with Crippen molar-refractivity contribution in [3.63, 3.8) is 0 Å². The minimum Gasteiger partial charge on any atom is -0.366 e. The van der Waals surface area contributed by atoms with Crippen molar-refractivity contribution < 1.29 is 22.7 Å². The molecule has 0 aromatic heterocycles. The number of rotatable bonds is 1. The normalized spacial score (nSPS) is 29.8. The van der Waals surface area contributed by atoms with Crippen LogP contribution in [0, 0.1) is 0 Å². The molecule has 3 rings (SSSR count). The van der Waals surface area contributed by atoms with Gasteiger partial charge < -0.3 is 9.64 Å². The zero-order valence-electron chi connectivity index (χ0n) is 9.98. The van der Waals surface area contributed by atoms with Gasteiger partial charge in [-0.25, -0.2) is 0 Å². The summed E-state index contributed by atoms with van der Waals surface area (Å²) in [6.45, 7) is 0.136. The first kappa shape index (κ1) is 12.5. The quantitative estimate of drug-likeness (QED) is 0.782. The molecular formula is C13H12F3NO2. The lowest BCUT2D eigenvalue weighted by Gasteiger charge is -2.33. The summed E-state index contributed by atoms with van der Waals surface area (Å²) in [5, 5.41) is 0. The predicted molar refractivity (Wildman–Crippen MR) is 60.2 cm³/mol. The minimum atomic E-state index is -4.82. The highest BCUT2D eigenvalue weighted by atomic mass is 19.4. The Kier molecular flexibility index (Phi) is 2.60. The number of fused-ring (bicyclic) bond motifs is 2. The van der Waals surface area contributed by atoms with Crippen LogP contribution >= 0.6 is 0 Å². The number of nitrogens with zero attached hydrogens (tertiary/aromatic N) is 1. The van der Waals surface area contributed by atoms with E-state index in [-0.39, 0.29) is 13.2 Å². The summed E-state index contributed by atoms with van der Waals surface area (Å²) in [4.78, 5) is 12.3. The zero-order chi connectivity index (χ0) is 13.7. The Morgan fingerprint density at radius 3 is 2.63 bits per heavy atom. The molecular weight excluding hydrogens is 259 g/mol. The number of amides is 1. The second-order valence-corrected chi connectivity index (χ2v) is 4.96. The monoisotopic (exact) mass is 271 g/mol. The van der Waals surface area contributed by atoms with Crippen LogP contribution in [0.25, 0.3) is 0 Å². The van der Waals surface area contributed by atoms with Gasteiger partial charge in [-0.1, -0.05) is 30.3 Å². The number of carbonyl (C=O) groups excluding carboxylic acids is 1. The van der Waals surface area contributed by atoms with Crippen molar-refractivity contribution in [3.05, 3.63) is 35.9 Å². The topological polar surface area (TPSA) is 29.5 Å². The Labute approximate surface area is 108 Å². The first-order valence-corrected chi connectivity index (χ1v) is 6.00. The van der Waals surface area contributed by atoms with Gasteiger partial charge in [-0.3, -0.25) is 4.79 Å². The van der Waals surface area contributed by atoms with E-state index in [9.17, 15) is 18.0 Å². The molecule has 0 spiro atoms. The summed E-state index contributed by atoms with van der Waals surface area (Å²) in [5.41, 5.74) is 0.0577. The van der Waals surface area contributed by atoms with E-state index in [0.717, 1.165) is 10.5 Å². The molecule has 2 fully saturated rings. The molecule has 1 aromatic rings. The van der Waals surface area contributed by atoms with Crippen LogP contribution in [0.4, 0.5) is 13.2 Å². The fraction of sp³-hybridized carbons (Fsp3) is 0.462. The number of morpholine rings is 1. The molecule has 0 N–H and O–H groups in total. The predicted octanol–water partition coefficient (Wildman–Crippen LogP) is 2.08. The number of ether oxygens (including phenoxy) is 1. The van der Waals surface area contributed by atoms with E-state index in [0.29, 0.717) is 6.42 Å². The number of hydrogen-bond donors (Lipinski definition) is 0. The van der Waals surface area contributed by atoms with Gasteiger partial charge in [0.1, 0.15) is 5.60 Å². The lowest BCUT2D eigenvalue weighted by Crippen LogP contribution is -2.49. The molecule has 1 amide bonds. The summed E-state index contributed by atoms with van der Waals surface area (Å²) in [6.07, 6.45) is -4.39. The van der Waals surface area contributed by atoms with Crippen LogP contribution in [0.1, 0.15) is 12.0 Å². The third kappa shape index (κ3) is 1.90. The molecule has 2 heterocycles. The van der Waals surface area contributed by atoms with Crippen LogP contribution in [0.3, 0.4) is 0 Å². The number of alkyl halides is 3. The van der Waals surface area contributed by atoms with Gasteiger partial charge in [0.15, 0.2) is 0 Å². The molecule has 0 saturated carbocycles. The van der Waals surface area contributed by atoms with Crippen molar-refractivity contribution in [2.45, 2.75) is 24.2 Å². The zero-order valence-corrected chi connectivity index (χ0v) is 9.98. The summed E-state index contributed by atoms with van der Waals surface area (Å²) in [5.74, 6) is -1.77. The van der Waals surface area contributed by atoms with Gasteiger partial charge in [-0.05, 0) is 5.56 Å². The number of benzene rings is 1. The molecule has 0 aliphatic carbocycles. The molecule has 1 aromatic carbocycles. The largest absolute Gasteiger partial charge is 0.471 e. The number of hydrogen-bond acceptors (Lipinski definition) is 2. The maximum atomic E-state index is 12.5. The molecule has 0 unspecified atom stereocenters. The van der Waals surface area contributed by atoms with E-state index in [1.165, 1.54) is 0 Å². The average molecular weight is 271 g/mol. The highest BCUT2D eigenvalue weighted by Gasteiger charge is 2.57. The number of halogens is 3. The standard InChI is InChI=1S/C13H12F3NO2/c14-13(15,16)11(18)17-8-12(6-10(17)7-19-12)9-4-2-1-3-5-9/h1-5,10H,6-8H2/t10-,12-/m1/s1. The molecule has 3 nitrogen and oxygen atoms in total. The van der Waals surface area contributed by atoms with Crippen LogP contribution in [-0.2, 0) is 15.1 Å². The fourth-order valence-electron chi connectivity index (χ4n) is 2.90. The average Bonchev–Trinajstić information content (AvgIpc) is 2.97. The second-order valence-electron chi connectivity index (χ2n) is 4.96. The summed E-state index contributed by atoms with van der Waals surface area (Å²) in [6, 6.07) is 8.63. The molecule has 2 aliphatic heterocycles. The van der Waals surface area contributed by atoms with Gasteiger partial charge in [0.2, 0.25) is 0 Å². The molecule has 2 aliphatic rings. The molecule has 102 valence electrons. The number of carbonyl (C=O) groups is 1. The highest BCUT2D eigenvalue weighted by Crippen LogP contribution is 2.45. The van der Waals surface area contributed by atoms with Gasteiger partial charge in [0.25, 0.3) is 0 Å². The van der Waals surface area contributed by atoms with Gasteiger partial charge in [-0.15, -0.1) is 0 Å². The Hall–Kier alpha value is -1.56. The molecule has 2 atom stereocenters. The van der Waals surface area contributed by atoms with E-state index >= 15 is 0 Å². The van der Waals surface area contributed by atoms with Crippen LogP contribution in [0.15, 0.2) is 30.3 Å². The number of likely N-dealkylation sites (tertiary alicyclic amines) is 1. The first-order valence-electron chi connectivity index (χ1n) is 6.00. The first-order chi connectivity index (χ1) is 8.92. The van der Waals surface area contributed by atoms with Gasteiger partial charge >= 0.3 is 12.1 Å². The van der Waals surface area contributed by atoms with E-state index in [4.69, 9.17) is 4.74 Å². The van der Waals surface area contributed by atoms with Crippen molar-refractivity contribution in [3.8, 4) is 0 Å². The Balaban J connectivity index is 1.88. The minimum absolute atomic E-state index is 0.0278. The smallest absolute Gasteiger partial charge is 0.366 e. The summed E-state index contributed by atoms with van der Waals surface area (Å²) < 4.78 is 43.2. The molecule has 2 saturated heterocycles. The SMILES string of the molecule is O=C(N1C[C@@]2(c3ccccc3)C[C@@H]1CO2)C(F)(F)F. The van der Waals surface area contributed by atoms with Crippen LogP contribution in [-0.4, -0.2) is 36.2 Å². The Morgan fingerprint density at radius 1 is 1.32 bits per heavy atom. The second kappa shape index (κ2) is 3.96. The van der Waals surface area contributed by atoms with Crippen molar-refractivity contribution in [2.24, 2.45) is 0 Å². The van der Waals surface area contributed by atoms with Crippen LogP contribution in [0.2, 0.25) is 0 Å². The van der Waals surface area contributed by atoms with Crippen molar-refractivity contribution in [2.75, 3.05) is 13.2 Å². The van der Waals surface area contributed by atoms with Crippen molar-refractivity contribution >= 4 is 5.91 Å². The maximum absolute atomic E-state index is 12.5. The van der Waals surface area contributed by atoms with Crippen LogP contribution in [0.5, 0.6) is 0 Å². The van der Waals surface area contributed by atoms with E-state index in [1.54, 1.807) is 0 Å². The lowest BCUT2D eigenvalue weighted by molar-refractivity contribution is -0.191. The molecule has 2 bridgehead atoms. The summed E-state index contributed by atoms with van der Waals surface area (Å²) >= 11 is 0. The van der Waals surface area contributed by atoms with E-state index in [1.807, 2.05) is 30.3 Å². The lowest BCUT2D eigenvalue weighted by atomic mass is 9.93. The third-order valence-corrected chi connectivity index (χ3v) is 3.79. The molecule has 6 heteroatoms. The summed E-state index contributed by atoms with van der Waals surface area (Å²) in [7, 11) is 0. The van der Waals surface area contributed by atoms with Gasteiger partial charge in [0.05, 0.1) is 19.2 Å². The van der Waals surface area contributed by atoms with Crippen molar-refractivity contribution in [1.29, 1.82) is 0 Å². The fourth-order valence-corrected chi connectivity index (χ4v) is 2.90. The highest BCUT2D eigenvalue weighted by molar-refractivity contribution is 5.82. The van der Waals surface area contributed by atoms with E-state index < -0.39 is 23.7 Å².